The molecule has 0 aliphatic rings. The van der Waals surface area contributed by atoms with Crippen molar-refractivity contribution in [2.24, 2.45) is 0 Å². The van der Waals surface area contributed by atoms with Gasteiger partial charge in [-0.3, -0.25) is 4.79 Å². The Hall–Kier alpha value is -3.58. The Bertz CT molecular complexity index is 1220. The number of hydrogen-bond donors (Lipinski definition) is 1. The molecule has 1 amide bonds. The summed E-state index contributed by atoms with van der Waals surface area (Å²) < 4.78 is 20.4. The van der Waals surface area contributed by atoms with E-state index >= 15 is 0 Å². The number of aromatic nitrogens is 1. The van der Waals surface area contributed by atoms with Gasteiger partial charge in [0.05, 0.1) is 21.5 Å². The molecular weight excluding hydrogens is 415 g/mol. The lowest BCUT2D eigenvalue weighted by atomic mass is 10.1. The number of rotatable bonds is 6. The molecule has 1 aromatic heterocycles. The number of thiazole rings is 1. The van der Waals surface area contributed by atoms with E-state index in [9.17, 15) is 14.0 Å². The van der Waals surface area contributed by atoms with Gasteiger partial charge in [0.25, 0.3) is 5.91 Å². The second-order valence-corrected chi connectivity index (χ2v) is 7.83. The third-order valence-electron chi connectivity index (χ3n) is 4.72. The first-order valence-electron chi connectivity index (χ1n) is 9.78. The van der Waals surface area contributed by atoms with Crippen LogP contribution in [0, 0.1) is 5.82 Å². The first kappa shape index (κ1) is 20.7. The molecule has 0 spiro atoms. The summed E-state index contributed by atoms with van der Waals surface area (Å²) in [5, 5.41) is 3.17. The van der Waals surface area contributed by atoms with E-state index < -0.39 is 23.8 Å². The van der Waals surface area contributed by atoms with Gasteiger partial charge in [-0.25, -0.2) is 14.2 Å². The molecule has 0 saturated heterocycles. The van der Waals surface area contributed by atoms with Gasteiger partial charge in [-0.15, -0.1) is 11.3 Å². The van der Waals surface area contributed by atoms with E-state index in [-0.39, 0.29) is 12.1 Å². The van der Waals surface area contributed by atoms with Gasteiger partial charge < -0.3 is 10.1 Å². The number of carbonyl (C=O) groups excluding carboxylic acids is 2. The quantitative estimate of drug-likeness (QED) is 0.397. The lowest BCUT2D eigenvalue weighted by Crippen LogP contribution is -2.32. The first-order valence-corrected chi connectivity index (χ1v) is 10.6. The van der Waals surface area contributed by atoms with E-state index in [1.807, 2.05) is 30.3 Å². The number of fused-ring (bicyclic) bond motifs is 1. The number of amides is 1. The van der Waals surface area contributed by atoms with Crippen LogP contribution in [-0.2, 0) is 9.53 Å². The number of carbonyl (C=O) groups is 2. The molecule has 1 atom stereocenters. The summed E-state index contributed by atoms with van der Waals surface area (Å²) in [5.41, 5.74) is 1.84. The van der Waals surface area contributed by atoms with E-state index in [1.165, 1.54) is 29.5 Å². The van der Waals surface area contributed by atoms with E-state index in [2.05, 4.69) is 10.3 Å². The van der Waals surface area contributed by atoms with Crippen molar-refractivity contribution in [3.05, 3.63) is 84.2 Å². The third-order valence-corrected chi connectivity index (χ3v) is 5.79. The number of halogens is 1. The minimum atomic E-state index is -1.06. The van der Waals surface area contributed by atoms with Crippen molar-refractivity contribution in [2.45, 2.75) is 19.4 Å². The minimum absolute atomic E-state index is 0.0388. The van der Waals surface area contributed by atoms with E-state index in [0.717, 1.165) is 10.2 Å². The largest absolute Gasteiger partial charge is 0.449 e. The van der Waals surface area contributed by atoms with Crippen LogP contribution in [0.2, 0.25) is 0 Å². The molecule has 0 aliphatic carbocycles. The van der Waals surface area contributed by atoms with Gasteiger partial charge in [0.15, 0.2) is 6.10 Å². The van der Waals surface area contributed by atoms with Gasteiger partial charge in [-0.1, -0.05) is 49.4 Å². The summed E-state index contributed by atoms with van der Waals surface area (Å²) >= 11 is 1.48. The molecule has 31 heavy (non-hydrogen) atoms. The number of benzene rings is 3. The van der Waals surface area contributed by atoms with Gasteiger partial charge >= 0.3 is 5.97 Å². The van der Waals surface area contributed by atoms with Crippen LogP contribution in [0.1, 0.15) is 23.7 Å². The molecule has 4 rings (SSSR count). The zero-order valence-corrected chi connectivity index (χ0v) is 17.5. The number of anilines is 1. The summed E-state index contributed by atoms with van der Waals surface area (Å²) in [6, 6.07) is 20.6. The van der Waals surface area contributed by atoms with Crippen molar-refractivity contribution >= 4 is 39.1 Å². The molecule has 0 aliphatic heterocycles. The maximum Gasteiger partial charge on any atom is 0.339 e. The van der Waals surface area contributed by atoms with Gasteiger partial charge in [-0.2, -0.15) is 0 Å². The zero-order valence-electron chi connectivity index (χ0n) is 16.7. The van der Waals surface area contributed by atoms with Crippen LogP contribution in [0.3, 0.4) is 0 Å². The summed E-state index contributed by atoms with van der Waals surface area (Å²) in [4.78, 5) is 30.1. The lowest BCUT2D eigenvalue weighted by Gasteiger charge is -2.17. The molecule has 0 saturated carbocycles. The summed E-state index contributed by atoms with van der Waals surface area (Å²) in [7, 11) is 0. The SMILES string of the molecule is CCC(OC(=O)c1ccccc1-c1nc2ccccc2s1)C(=O)Nc1ccccc1F. The Morgan fingerprint density at radius 2 is 1.74 bits per heavy atom. The van der Waals surface area contributed by atoms with Crippen molar-refractivity contribution in [1.29, 1.82) is 0 Å². The fourth-order valence-electron chi connectivity index (χ4n) is 3.13. The maximum absolute atomic E-state index is 13.8. The summed E-state index contributed by atoms with van der Waals surface area (Å²) in [6.07, 6.45) is -0.814. The fourth-order valence-corrected chi connectivity index (χ4v) is 4.13. The Labute approximate surface area is 182 Å². The summed E-state index contributed by atoms with van der Waals surface area (Å²) in [6.45, 7) is 1.72. The van der Waals surface area contributed by atoms with Gasteiger partial charge in [0.2, 0.25) is 0 Å². The highest BCUT2D eigenvalue weighted by atomic mass is 32.1. The molecule has 1 N–H and O–H groups in total. The predicted molar refractivity (Wildman–Crippen MR) is 120 cm³/mol. The molecule has 0 fully saturated rings. The topological polar surface area (TPSA) is 68.3 Å². The molecule has 1 heterocycles. The average molecular weight is 434 g/mol. The average Bonchev–Trinajstić information content (AvgIpc) is 3.23. The molecule has 0 radical (unpaired) electrons. The highest BCUT2D eigenvalue weighted by Gasteiger charge is 2.25. The molecule has 156 valence electrons. The molecule has 4 aromatic rings. The van der Waals surface area contributed by atoms with Crippen LogP contribution in [0.15, 0.2) is 72.8 Å². The Morgan fingerprint density at radius 1 is 1.03 bits per heavy atom. The van der Waals surface area contributed by atoms with E-state index in [1.54, 1.807) is 31.2 Å². The van der Waals surface area contributed by atoms with Gasteiger partial charge in [-0.05, 0) is 36.8 Å². The molecule has 1 unspecified atom stereocenters. The van der Waals surface area contributed by atoms with Crippen LogP contribution >= 0.6 is 11.3 Å². The first-order chi connectivity index (χ1) is 15.1. The number of ether oxygens (including phenoxy) is 1. The monoisotopic (exact) mass is 434 g/mol. The molecule has 0 bridgehead atoms. The van der Waals surface area contributed by atoms with Crippen molar-refractivity contribution in [2.75, 3.05) is 5.32 Å². The molecule has 3 aromatic carbocycles. The number of nitrogens with zero attached hydrogens (tertiary/aromatic N) is 1. The number of para-hydroxylation sites is 2. The normalized spacial score (nSPS) is 11.8. The van der Waals surface area contributed by atoms with Crippen molar-refractivity contribution in [3.63, 3.8) is 0 Å². The summed E-state index contributed by atoms with van der Waals surface area (Å²) in [5.74, 6) is -1.78. The molecular formula is C24H19FN2O3S. The number of nitrogens with one attached hydrogen (secondary N) is 1. The highest BCUT2D eigenvalue weighted by molar-refractivity contribution is 7.21. The standard InChI is InChI=1S/C24H19FN2O3S/c1-2-20(22(28)26-18-12-6-5-11-17(18)25)30-24(29)16-10-4-3-9-15(16)23-27-19-13-7-8-14-21(19)31-23/h3-14,20H,2H2,1H3,(H,26,28). The number of hydrogen-bond acceptors (Lipinski definition) is 5. The second kappa shape index (κ2) is 9.06. The van der Waals surface area contributed by atoms with E-state index in [4.69, 9.17) is 4.74 Å². The van der Waals surface area contributed by atoms with Crippen molar-refractivity contribution < 1.29 is 18.7 Å². The Kier molecular flexibility index (Phi) is 6.04. The zero-order chi connectivity index (χ0) is 21.8. The second-order valence-electron chi connectivity index (χ2n) is 6.80. The predicted octanol–water partition coefficient (Wildman–Crippen LogP) is 5.68. The lowest BCUT2D eigenvalue weighted by molar-refractivity contribution is -0.124. The van der Waals surface area contributed by atoms with Gasteiger partial charge in [0, 0.05) is 5.56 Å². The Balaban J connectivity index is 1.56. The van der Waals surface area contributed by atoms with Crippen LogP contribution in [0.5, 0.6) is 0 Å². The van der Waals surface area contributed by atoms with E-state index in [0.29, 0.717) is 16.1 Å². The highest BCUT2D eigenvalue weighted by Crippen LogP contribution is 2.32. The fraction of sp³-hybridized carbons (Fsp3) is 0.125. The number of esters is 1. The van der Waals surface area contributed by atoms with Crippen LogP contribution < -0.4 is 5.32 Å². The van der Waals surface area contributed by atoms with Crippen LogP contribution in [0.4, 0.5) is 10.1 Å². The van der Waals surface area contributed by atoms with Crippen molar-refractivity contribution in [1.82, 2.24) is 4.98 Å². The smallest absolute Gasteiger partial charge is 0.339 e. The molecule has 5 nitrogen and oxygen atoms in total. The maximum atomic E-state index is 13.8. The van der Waals surface area contributed by atoms with Crippen molar-refractivity contribution in [3.8, 4) is 10.6 Å². The minimum Gasteiger partial charge on any atom is -0.449 e. The van der Waals surface area contributed by atoms with Gasteiger partial charge in [0.1, 0.15) is 10.8 Å². The van der Waals surface area contributed by atoms with Crippen LogP contribution in [-0.4, -0.2) is 23.0 Å². The van der Waals surface area contributed by atoms with Crippen LogP contribution in [0.25, 0.3) is 20.8 Å². The Morgan fingerprint density at radius 3 is 2.52 bits per heavy atom. The molecule has 7 heteroatoms. The third kappa shape index (κ3) is 4.46.